The number of fused-ring (bicyclic) bond motifs is 1. The molecule has 2 rings (SSSR count). The Hall–Kier alpha value is -2.70. The van der Waals surface area contributed by atoms with Crippen LogP contribution >= 0.6 is 0 Å². The Morgan fingerprint density at radius 2 is 2.05 bits per heavy atom. The molecular formula is C14H16N4O3. The molecule has 0 saturated heterocycles. The van der Waals surface area contributed by atoms with Crippen LogP contribution in [-0.2, 0) is 4.79 Å². The number of hydrogen-bond acceptors (Lipinski definition) is 5. The van der Waals surface area contributed by atoms with E-state index in [2.05, 4.69) is 20.6 Å². The molecule has 0 atom stereocenters. The fourth-order valence-electron chi connectivity index (χ4n) is 1.87. The number of aromatic nitrogens is 2. The molecule has 1 aromatic heterocycles. The van der Waals surface area contributed by atoms with Gasteiger partial charge in [0.25, 0.3) is 0 Å². The molecule has 0 fully saturated rings. The van der Waals surface area contributed by atoms with Gasteiger partial charge in [0, 0.05) is 11.4 Å². The number of nitrogens with one attached hydrogen (secondary N) is 2. The Morgan fingerprint density at radius 1 is 1.29 bits per heavy atom. The van der Waals surface area contributed by atoms with E-state index in [1.165, 1.54) is 18.5 Å². The highest BCUT2D eigenvalue weighted by Gasteiger charge is 2.09. The van der Waals surface area contributed by atoms with Gasteiger partial charge in [-0.25, -0.2) is 14.8 Å². The minimum atomic E-state index is -1.01. The average Bonchev–Trinajstić information content (AvgIpc) is 2.43. The highest BCUT2D eigenvalue weighted by atomic mass is 16.4. The molecule has 0 bridgehead atoms. The highest BCUT2D eigenvalue weighted by Crippen LogP contribution is 2.20. The normalized spacial score (nSPS) is 10.6. The van der Waals surface area contributed by atoms with Gasteiger partial charge in [-0.05, 0) is 32.0 Å². The van der Waals surface area contributed by atoms with Crippen molar-refractivity contribution in [1.29, 1.82) is 0 Å². The number of anilines is 1. The van der Waals surface area contributed by atoms with Crippen LogP contribution in [0.3, 0.4) is 0 Å². The van der Waals surface area contributed by atoms with E-state index in [0.717, 1.165) is 0 Å². The summed E-state index contributed by atoms with van der Waals surface area (Å²) in [5, 5.41) is 15.3. The van der Waals surface area contributed by atoms with Crippen LogP contribution in [0.25, 0.3) is 10.9 Å². The second kappa shape index (κ2) is 6.17. The summed E-state index contributed by atoms with van der Waals surface area (Å²) >= 11 is 0. The minimum absolute atomic E-state index is 0.0690. The van der Waals surface area contributed by atoms with E-state index in [1.54, 1.807) is 6.07 Å². The van der Waals surface area contributed by atoms with Crippen molar-refractivity contribution in [2.24, 2.45) is 0 Å². The summed E-state index contributed by atoms with van der Waals surface area (Å²) in [7, 11) is 0. The van der Waals surface area contributed by atoms with E-state index in [-0.39, 0.29) is 24.1 Å². The first-order valence-electron chi connectivity index (χ1n) is 6.48. The Balaban J connectivity index is 2.21. The van der Waals surface area contributed by atoms with Crippen molar-refractivity contribution in [3.63, 3.8) is 0 Å². The van der Waals surface area contributed by atoms with Crippen LogP contribution in [0.1, 0.15) is 24.2 Å². The monoisotopic (exact) mass is 288 g/mol. The molecule has 7 nitrogen and oxygen atoms in total. The van der Waals surface area contributed by atoms with Gasteiger partial charge in [0.05, 0.1) is 17.6 Å². The van der Waals surface area contributed by atoms with E-state index in [1.807, 2.05) is 13.8 Å². The third-order valence-corrected chi connectivity index (χ3v) is 2.75. The van der Waals surface area contributed by atoms with Crippen LogP contribution in [0.5, 0.6) is 0 Å². The third-order valence-electron chi connectivity index (χ3n) is 2.75. The Kier molecular flexibility index (Phi) is 4.32. The van der Waals surface area contributed by atoms with Crippen LogP contribution in [0.2, 0.25) is 0 Å². The van der Waals surface area contributed by atoms with Gasteiger partial charge in [0.15, 0.2) is 0 Å². The molecule has 3 N–H and O–H groups in total. The molecule has 110 valence electrons. The summed E-state index contributed by atoms with van der Waals surface area (Å²) in [5.74, 6) is -0.656. The lowest BCUT2D eigenvalue weighted by Crippen LogP contribution is -2.35. The quantitative estimate of drug-likeness (QED) is 0.765. The van der Waals surface area contributed by atoms with Gasteiger partial charge in [-0.1, -0.05) is 0 Å². The van der Waals surface area contributed by atoms with Crippen LogP contribution in [0, 0.1) is 0 Å². The molecule has 0 aliphatic carbocycles. The summed E-state index contributed by atoms with van der Waals surface area (Å²) in [6.45, 7) is 3.85. The number of hydrogen-bond donors (Lipinski definition) is 3. The van der Waals surface area contributed by atoms with Crippen LogP contribution in [0.15, 0.2) is 24.5 Å². The van der Waals surface area contributed by atoms with E-state index < -0.39 is 5.97 Å². The molecule has 1 heterocycles. The van der Waals surface area contributed by atoms with E-state index in [9.17, 15) is 9.59 Å². The van der Waals surface area contributed by atoms with Crippen LogP contribution in [-0.4, -0.2) is 39.5 Å². The smallest absolute Gasteiger partial charge is 0.335 e. The van der Waals surface area contributed by atoms with Gasteiger partial charge in [-0.2, -0.15) is 0 Å². The number of nitrogens with zero attached hydrogens (tertiary/aromatic N) is 2. The van der Waals surface area contributed by atoms with Crippen molar-refractivity contribution in [2.75, 3.05) is 11.9 Å². The number of benzene rings is 1. The molecule has 1 aromatic carbocycles. The molecule has 0 unspecified atom stereocenters. The summed E-state index contributed by atoms with van der Waals surface area (Å²) in [6.07, 6.45) is 1.33. The fraction of sp³-hybridized carbons (Fsp3) is 0.286. The molecule has 0 spiro atoms. The van der Waals surface area contributed by atoms with Gasteiger partial charge in [0.2, 0.25) is 5.91 Å². The maximum absolute atomic E-state index is 11.6. The topological polar surface area (TPSA) is 104 Å². The molecule has 2 aromatic rings. The van der Waals surface area contributed by atoms with Gasteiger partial charge in [0.1, 0.15) is 12.1 Å². The molecule has 0 aliphatic rings. The standard InChI is InChI=1S/C14H16N4O3/c1-8(2)18-12(19)6-15-13-10-4-3-9(14(20)21)5-11(10)16-7-17-13/h3-5,7-8H,6H2,1-2H3,(H,18,19)(H,20,21)(H,15,16,17). The van der Waals surface area contributed by atoms with Crippen molar-refractivity contribution in [2.45, 2.75) is 19.9 Å². The molecule has 1 amide bonds. The number of carbonyl (C=O) groups excluding carboxylic acids is 1. The molecule has 7 heteroatoms. The van der Waals surface area contributed by atoms with Crippen molar-refractivity contribution in [3.8, 4) is 0 Å². The zero-order valence-corrected chi connectivity index (χ0v) is 11.8. The van der Waals surface area contributed by atoms with E-state index in [4.69, 9.17) is 5.11 Å². The SMILES string of the molecule is CC(C)NC(=O)CNc1ncnc2cc(C(=O)O)ccc12. The number of carboxylic acids is 1. The van der Waals surface area contributed by atoms with Crippen molar-refractivity contribution in [1.82, 2.24) is 15.3 Å². The number of amides is 1. The first-order valence-corrected chi connectivity index (χ1v) is 6.48. The zero-order chi connectivity index (χ0) is 15.4. The maximum Gasteiger partial charge on any atom is 0.335 e. The zero-order valence-electron chi connectivity index (χ0n) is 11.8. The van der Waals surface area contributed by atoms with Gasteiger partial charge in [-0.3, -0.25) is 4.79 Å². The minimum Gasteiger partial charge on any atom is -0.478 e. The van der Waals surface area contributed by atoms with Crippen molar-refractivity contribution in [3.05, 3.63) is 30.1 Å². The molecule has 21 heavy (non-hydrogen) atoms. The first kappa shape index (κ1) is 14.7. The van der Waals surface area contributed by atoms with Crippen molar-refractivity contribution >= 4 is 28.6 Å². The van der Waals surface area contributed by atoms with Crippen molar-refractivity contribution < 1.29 is 14.7 Å². The number of carboxylic acid groups (broad SMARTS) is 1. The molecule has 0 radical (unpaired) electrons. The van der Waals surface area contributed by atoms with Crippen LogP contribution in [0.4, 0.5) is 5.82 Å². The summed E-state index contributed by atoms with van der Waals surface area (Å²) in [5.41, 5.74) is 0.668. The maximum atomic E-state index is 11.6. The highest BCUT2D eigenvalue weighted by molar-refractivity contribution is 5.96. The second-order valence-electron chi connectivity index (χ2n) is 4.84. The molecule has 0 saturated carbocycles. The Morgan fingerprint density at radius 3 is 2.71 bits per heavy atom. The summed E-state index contributed by atoms with van der Waals surface area (Å²) in [6, 6.07) is 4.65. The largest absolute Gasteiger partial charge is 0.478 e. The Labute approximate surface area is 121 Å². The van der Waals surface area contributed by atoms with Gasteiger partial charge in [-0.15, -0.1) is 0 Å². The average molecular weight is 288 g/mol. The summed E-state index contributed by atoms with van der Waals surface area (Å²) in [4.78, 5) is 30.7. The lowest BCUT2D eigenvalue weighted by atomic mass is 10.1. The van der Waals surface area contributed by atoms with Crippen LogP contribution < -0.4 is 10.6 Å². The van der Waals surface area contributed by atoms with Gasteiger partial charge < -0.3 is 15.7 Å². The van der Waals surface area contributed by atoms with E-state index in [0.29, 0.717) is 16.7 Å². The lowest BCUT2D eigenvalue weighted by molar-refractivity contribution is -0.119. The molecule has 0 aliphatic heterocycles. The predicted octanol–water partition coefficient (Wildman–Crippen LogP) is 1.26. The lowest BCUT2D eigenvalue weighted by Gasteiger charge is -2.11. The van der Waals surface area contributed by atoms with Gasteiger partial charge >= 0.3 is 5.97 Å². The fourth-order valence-corrected chi connectivity index (χ4v) is 1.87. The number of aromatic carboxylic acids is 1. The third kappa shape index (κ3) is 3.65. The second-order valence-corrected chi connectivity index (χ2v) is 4.84. The molecular weight excluding hydrogens is 272 g/mol. The predicted molar refractivity (Wildman–Crippen MR) is 78.3 cm³/mol. The first-order chi connectivity index (χ1) is 9.97. The van der Waals surface area contributed by atoms with E-state index >= 15 is 0 Å². The number of carbonyl (C=O) groups is 2. The Bertz CT molecular complexity index is 685. The summed E-state index contributed by atoms with van der Waals surface area (Å²) < 4.78 is 0. The number of rotatable bonds is 5.